The van der Waals surface area contributed by atoms with Crippen LogP contribution in [-0.4, -0.2) is 38.2 Å². The second kappa shape index (κ2) is 4.37. The normalized spacial score (nSPS) is 26.3. The first-order chi connectivity index (χ1) is 8.36. The molecule has 0 radical (unpaired) electrons. The monoisotopic (exact) mass is 232 g/mol. The molecular weight excluding hydrogens is 216 g/mol. The van der Waals surface area contributed by atoms with Crippen LogP contribution in [0.1, 0.15) is 5.56 Å². The number of aliphatic imine (C=N–C) groups is 1. The Morgan fingerprint density at radius 3 is 3.12 bits per heavy atom. The molecule has 2 atom stereocenters. The van der Waals surface area contributed by atoms with Gasteiger partial charge in [-0.1, -0.05) is 18.2 Å². The lowest BCUT2D eigenvalue weighted by Gasteiger charge is -2.10. The Balaban J connectivity index is 1.75. The van der Waals surface area contributed by atoms with E-state index in [0.717, 1.165) is 36.7 Å². The van der Waals surface area contributed by atoms with Gasteiger partial charge in [-0.05, 0) is 6.07 Å². The van der Waals surface area contributed by atoms with Gasteiger partial charge < -0.3 is 14.8 Å². The quantitative estimate of drug-likeness (QED) is 0.845. The molecule has 4 heteroatoms. The lowest BCUT2D eigenvalue weighted by molar-refractivity contribution is 0.220. The van der Waals surface area contributed by atoms with Gasteiger partial charge in [0.2, 0.25) is 0 Å². The summed E-state index contributed by atoms with van der Waals surface area (Å²) >= 11 is 0. The fourth-order valence-electron chi connectivity index (χ4n) is 2.38. The molecule has 0 bridgehead atoms. The highest BCUT2D eigenvalue weighted by Gasteiger charge is 2.34. The Kier molecular flexibility index (Phi) is 2.73. The average molecular weight is 232 g/mol. The van der Waals surface area contributed by atoms with Crippen LogP contribution in [0.5, 0.6) is 5.75 Å². The van der Waals surface area contributed by atoms with E-state index in [4.69, 9.17) is 9.47 Å². The Hall–Kier alpha value is -1.55. The van der Waals surface area contributed by atoms with Crippen LogP contribution in [0.2, 0.25) is 0 Å². The van der Waals surface area contributed by atoms with Gasteiger partial charge >= 0.3 is 0 Å². The number of fused-ring (bicyclic) bond motifs is 1. The molecule has 1 aromatic carbocycles. The third-order valence-electron chi connectivity index (χ3n) is 3.26. The van der Waals surface area contributed by atoms with Crippen molar-refractivity contribution in [2.75, 3.05) is 20.2 Å². The zero-order chi connectivity index (χ0) is 11.7. The minimum Gasteiger partial charge on any atom is -0.496 e. The average Bonchev–Trinajstić information content (AvgIpc) is 2.90. The van der Waals surface area contributed by atoms with Crippen molar-refractivity contribution < 1.29 is 9.47 Å². The Morgan fingerprint density at radius 2 is 2.29 bits per heavy atom. The van der Waals surface area contributed by atoms with Crippen molar-refractivity contribution in [3.8, 4) is 5.75 Å². The van der Waals surface area contributed by atoms with Crippen molar-refractivity contribution in [1.29, 1.82) is 0 Å². The molecule has 2 aliphatic rings. The van der Waals surface area contributed by atoms with E-state index in [1.54, 1.807) is 7.11 Å². The van der Waals surface area contributed by atoms with E-state index in [1.165, 1.54) is 0 Å². The minimum absolute atomic E-state index is 0.236. The van der Waals surface area contributed by atoms with E-state index in [-0.39, 0.29) is 6.10 Å². The van der Waals surface area contributed by atoms with Gasteiger partial charge in [0.1, 0.15) is 17.9 Å². The number of nitrogens with one attached hydrogen (secondary N) is 1. The second-order valence-electron chi connectivity index (χ2n) is 4.39. The zero-order valence-electron chi connectivity index (χ0n) is 9.85. The highest BCUT2D eigenvalue weighted by atomic mass is 16.5. The number of benzene rings is 1. The third kappa shape index (κ3) is 2.00. The van der Waals surface area contributed by atoms with Crippen LogP contribution in [0.3, 0.4) is 0 Å². The molecule has 1 N–H and O–H groups in total. The van der Waals surface area contributed by atoms with Crippen molar-refractivity contribution in [2.45, 2.75) is 18.6 Å². The predicted octanol–water partition coefficient (Wildman–Crippen LogP) is 1.01. The number of ether oxygens (including phenoxy) is 2. The number of methoxy groups -OCH3 is 1. The highest BCUT2D eigenvalue weighted by Crippen LogP contribution is 2.23. The SMILES string of the molecule is COc1ccccc1CC1=NC2CNCC2O1. The first kappa shape index (κ1) is 10.6. The molecule has 0 aromatic heterocycles. The molecule has 2 heterocycles. The Labute approximate surface area is 101 Å². The number of hydrogen-bond acceptors (Lipinski definition) is 4. The van der Waals surface area contributed by atoms with Crippen molar-refractivity contribution in [2.24, 2.45) is 4.99 Å². The topological polar surface area (TPSA) is 42.8 Å². The lowest BCUT2D eigenvalue weighted by Crippen LogP contribution is -2.20. The molecule has 1 aromatic rings. The summed E-state index contributed by atoms with van der Waals surface area (Å²) in [7, 11) is 1.69. The van der Waals surface area contributed by atoms with E-state index in [0.29, 0.717) is 6.04 Å². The van der Waals surface area contributed by atoms with Gasteiger partial charge in [0.25, 0.3) is 0 Å². The molecule has 90 valence electrons. The van der Waals surface area contributed by atoms with Crippen molar-refractivity contribution in [1.82, 2.24) is 5.32 Å². The summed E-state index contributed by atoms with van der Waals surface area (Å²) in [5.74, 6) is 1.74. The Morgan fingerprint density at radius 1 is 1.41 bits per heavy atom. The van der Waals surface area contributed by atoms with Gasteiger partial charge in [-0.15, -0.1) is 0 Å². The highest BCUT2D eigenvalue weighted by molar-refractivity contribution is 5.81. The van der Waals surface area contributed by atoms with Crippen LogP contribution >= 0.6 is 0 Å². The van der Waals surface area contributed by atoms with Gasteiger partial charge in [-0.3, -0.25) is 0 Å². The van der Waals surface area contributed by atoms with Gasteiger partial charge in [-0.25, -0.2) is 4.99 Å². The molecule has 1 saturated heterocycles. The summed E-state index contributed by atoms with van der Waals surface area (Å²) in [6, 6.07) is 8.30. The maximum Gasteiger partial charge on any atom is 0.188 e. The van der Waals surface area contributed by atoms with Gasteiger partial charge in [0.15, 0.2) is 5.90 Å². The smallest absolute Gasteiger partial charge is 0.188 e. The summed E-state index contributed by atoms with van der Waals surface area (Å²) in [4.78, 5) is 4.60. The molecule has 0 saturated carbocycles. The predicted molar refractivity (Wildman–Crippen MR) is 65.7 cm³/mol. The van der Waals surface area contributed by atoms with E-state index in [9.17, 15) is 0 Å². The lowest BCUT2D eigenvalue weighted by atomic mass is 10.1. The summed E-state index contributed by atoms with van der Waals surface area (Å²) in [6.45, 7) is 1.84. The fraction of sp³-hybridized carbons (Fsp3) is 0.462. The summed E-state index contributed by atoms with van der Waals surface area (Å²) < 4.78 is 11.1. The number of hydrogen-bond donors (Lipinski definition) is 1. The standard InChI is InChI=1S/C13H16N2O2/c1-16-11-5-3-2-4-9(11)6-13-15-10-7-14-8-12(10)17-13/h2-5,10,12,14H,6-8H2,1H3. The second-order valence-corrected chi connectivity index (χ2v) is 4.39. The van der Waals surface area contributed by atoms with Gasteiger partial charge in [0.05, 0.1) is 13.5 Å². The molecule has 2 aliphatic heterocycles. The largest absolute Gasteiger partial charge is 0.496 e. The molecule has 3 rings (SSSR count). The van der Waals surface area contributed by atoms with Crippen LogP contribution in [0, 0.1) is 0 Å². The van der Waals surface area contributed by atoms with E-state index < -0.39 is 0 Å². The van der Waals surface area contributed by atoms with Crippen LogP contribution < -0.4 is 10.1 Å². The summed E-state index contributed by atoms with van der Waals surface area (Å²) in [6.07, 6.45) is 0.955. The first-order valence-electron chi connectivity index (χ1n) is 5.93. The summed E-state index contributed by atoms with van der Waals surface area (Å²) in [5.41, 5.74) is 1.13. The molecule has 4 nitrogen and oxygen atoms in total. The molecule has 0 spiro atoms. The maximum atomic E-state index is 5.82. The van der Waals surface area contributed by atoms with Crippen molar-refractivity contribution >= 4 is 5.90 Å². The molecular formula is C13H16N2O2. The number of rotatable bonds is 3. The van der Waals surface area contributed by atoms with Crippen molar-refractivity contribution in [3.05, 3.63) is 29.8 Å². The van der Waals surface area contributed by atoms with Gasteiger partial charge in [0, 0.05) is 18.7 Å². The third-order valence-corrected chi connectivity index (χ3v) is 3.26. The number of nitrogens with zero attached hydrogens (tertiary/aromatic N) is 1. The van der Waals surface area contributed by atoms with Crippen LogP contribution in [0.4, 0.5) is 0 Å². The number of para-hydroxylation sites is 1. The van der Waals surface area contributed by atoms with Gasteiger partial charge in [-0.2, -0.15) is 0 Å². The Bertz CT molecular complexity index is 445. The minimum atomic E-state index is 0.236. The first-order valence-corrected chi connectivity index (χ1v) is 5.93. The summed E-state index contributed by atoms with van der Waals surface area (Å²) in [5, 5.41) is 3.27. The zero-order valence-corrected chi connectivity index (χ0v) is 9.85. The van der Waals surface area contributed by atoms with E-state index in [2.05, 4.69) is 16.4 Å². The molecule has 0 amide bonds. The van der Waals surface area contributed by atoms with Crippen LogP contribution in [0.25, 0.3) is 0 Å². The van der Waals surface area contributed by atoms with E-state index in [1.807, 2.05) is 18.2 Å². The molecule has 2 unspecified atom stereocenters. The van der Waals surface area contributed by atoms with Crippen LogP contribution in [0.15, 0.2) is 29.3 Å². The van der Waals surface area contributed by atoms with Crippen LogP contribution in [-0.2, 0) is 11.2 Å². The molecule has 1 fully saturated rings. The van der Waals surface area contributed by atoms with E-state index >= 15 is 0 Å². The maximum absolute atomic E-state index is 5.82. The van der Waals surface area contributed by atoms with Crippen molar-refractivity contribution in [3.63, 3.8) is 0 Å². The molecule has 17 heavy (non-hydrogen) atoms. The molecule has 0 aliphatic carbocycles. The fourth-order valence-corrected chi connectivity index (χ4v) is 2.38.